The topological polar surface area (TPSA) is 32.7 Å². The number of halogens is 1. The molecule has 1 N–H and O–H groups in total. The highest BCUT2D eigenvalue weighted by Gasteiger charge is 2.32. The molecule has 0 radical (unpaired) electrons. The van der Waals surface area contributed by atoms with Gasteiger partial charge in [-0.15, -0.1) is 0 Å². The summed E-state index contributed by atoms with van der Waals surface area (Å²) in [5, 5.41) is 10.5. The van der Waals surface area contributed by atoms with Crippen LogP contribution in [0.1, 0.15) is 73.1 Å². The van der Waals surface area contributed by atoms with Crippen molar-refractivity contribution in [2.75, 3.05) is 13.2 Å². The van der Waals surface area contributed by atoms with Crippen LogP contribution in [-0.4, -0.2) is 47.4 Å². The molecule has 6 unspecified atom stereocenters. The van der Waals surface area contributed by atoms with E-state index >= 15 is 0 Å². The van der Waals surface area contributed by atoms with Crippen molar-refractivity contribution in [3.63, 3.8) is 0 Å². The molecule has 3 nitrogen and oxygen atoms in total. The zero-order valence-electron chi connectivity index (χ0n) is 16.4. The largest absolute Gasteiger partial charge is 1.00 e. The van der Waals surface area contributed by atoms with Crippen LogP contribution < -0.4 is 12.4 Å². The van der Waals surface area contributed by atoms with Crippen molar-refractivity contribution in [2.45, 2.75) is 97.4 Å². The van der Waals surface area contributed by atoms with Gasteiger partial charge in [0.15, 0.2) is 0 Å². The number of ether oxygens (including phenoxy) is 1. The number of nitrogens with zero attached hydrogens (tertiary/aromatic N) is 1. The molecule has 24 heavy (non-hydrogen) atoms. The van der Waals surface area contributed by atoms with E-state index in [1.165, 1.54) is 32.1 Å². The number of rotatable bonds is 6. The van der Waals surface area contributed by atoms with Crippen LogP contribution in [0.25, 0.3) is 0 Å². The van der Waals surface area contributed by atoms with Crippen LogP contribution in [0.2, 0.25) is 0 Å². The van der Waals surface area contributed by atoms with Gasteiger partial charge in [-0.2, -0.15) is 0 Å². The van der Waals surface area contributed by atoms with Gasteiger partial charge in [0.1, 0.15) is 0 Å². The van der Waals surface area contributed by atoms with Crippen molar-refractivity contribution in [3.8, 4) is 0 Å². The monoisotopic (exact) mass is 360 g/mol. The summed E-state index contributed by atoms with van der Waals surface area (Å²) in [5.74, 6) is 2.09. The maximum atomic E-state index is 10.5. The zero-order chi connectivity index (χ0) is 17.0. The molecule has 0 aromatic rings. The molecule has 1 saturated carbocycles. The second kappa shape index (κ2) is 10.4. The number of hydrogen-bond acceptors (Lipinski definition) is 3. The van der Waals surface area contributed by atoms with Crippen molar-refractivity contribution in [1.29, 1.82) is 0 Å². The molecule has 2 rings (SSSR count). The molecule has 0 aromatic carbocycles. The average molecular weight is 361 g/mol. The predicted octanol–water partition coefficient (Wildman–Crippen LogP) is 1.09. The minimum atomic E-state index is -0.358. The van der Waals surface area contributed by atoms with Gasteiger partial charge in [0.2, 0.25) is 0 Å². The fraction of sp³-hybridized carbons (Fsp3) is 1.00. The van der Waals surface area contributed by atoms with Gasteiger partial charge in [0.25, 0.3) is 0 Å². The van der Waals surface area contributed by atoms with Crippen LogP contribution in [0.5, 0.6) is 0 Å². The van der Waals surface area contributed by atoms with Crippen LogP contribution >= 0.6 is 0 Å². The summed E-state index contributed by atoms with van der Waals surface area (Å²) < 4.78 is 6.22. The van der Waals surface area contributed by atoms with Gasteiger partial charge in [0.05, 0.1) is 18.8 Å². The first-order valence-corrected chi connectivity index (χ1v) is 9.93. The highest BCUT2D eigenvalue weighted by atomic mass is 35.5. The number of aliphatic hydroxyl groups is 1. The Morgan fingerprint density at radius 1 is 1.04 bits per heavy atom. The molecular formula is C20H39ClNO2-. The number of β-amino-alcohol motifs (C(OH)–C–C–N with tert-alkyl or cyclic N) is 1. The number of likely N-dealkylation sites (tertiary alicyclic amines) is 1. The van der Waals surface area contributed by atoms with Crippen molar-refractivity contribution >= 4 is 0 Å². The second-order valence-electron chi connectivity index (χ2n) is 8.68. The minimum absolute atomic E-state index is 0. The molecule has 0 bridgehead atoms. The summed E-state index contributed by atoms with van der Waals surface area (Å²) in [6.07, 6.45) is 7.58. The quantitative estimate of drug-likeness (QED) is 0.769. The Kier molecular flexibility index (Phi) is 9.58. The molecule has 1 saturated heterocycles. The van der Waals surface area contributed by atoms with Crippen molar-refractivity contribution in [1.82, 2.24) is 4.90 Å². The number of piperidine rings is 1. The standard InChI is InChI=1S/C20H39NO2.ClH/c1-14(2)19-10-9-15(3)11-20(19)23-13-18(22)12-21-16(4)7-6-8-17(21)5;/h14-20,22H,6-13H2,1-5H3;1H/p-1. The molecule has 2 aliphatic rings. The highest BCUT2D eigenvalue weighted by molar-refractivity contribution is 4.83. The van der Waals surface area contributed by atoms with E-state index in [0.29, 0.717) is 36.6 Å². The van der Waals surface area contributed by atoms with Gasteiger partial charge in [-0.1, -0.05) is 33.6 Å². The van der Waals surface area contributed by atoms with Gasteiger partial charge in [-0.3, -0.25) is 4.90 Å². The molecule has 144 valence electrons. The smallest absolute Gasteiger partial charge is 0.0900 e. The minimum Gasteiger partial charge on any atom is -1.00 e. The van der Waals surface area contributed by atoms with Crippen LogP contribution in [0, 0.1) is 17.8 Å². The van der Waals surface area contributed by atoms with E-state index in [4.69, 9.17) is 4.74 Å². The third kappa shape index (κ3) is 6.16. The lowest BCUT2D eigenvalue weighted by Gasteiger charge is -2.41. The molecule has 6 atom stereocenters. The Hall–Kier alpha value is 0.170. The fourth-order valence-electron chi connectivity index (χ4n) is 4.67. The normalized spacial score (nSPS) is 36.4. The van der Waals surface area contributed by atoms with Gasteiger partial charge in [0, 0.05) is 18.6 Å². The van der Waals surface area contributed by atoms with E-state index in [9.17, 15) is 5.11 Å². The summed E-state index contributed by atoms with van der Waals surface area (Å²) >= 11 is 0. The fourth-order valence-corrected chi connectivity index (χ4v) is 4.67. The Morgan fingerprint density at radius 2 is 1.67 bits per heavy atom. The molecule has 2 fully saturated rings. The maximum Gasteiger partial charge on any atom is 0.0900 e. The SMILES string of the molecule is CC1CCC(C(C)C)C(OCC(O)CN2C(C)CCCC2C)C1.[Cl-]. The summed E-state index contributed by atoms with van der Waals surface area (Å²) in [7, 11) is 0. The van der Waals surface area contributed by atoms with Crippen molar-refractivity contribution in [3.05, 3.63) is 0 Å². The van der Waals surface area contributed by atoms with Gasteiger partial charge >= 0.3 is 0 Å². The van der Waals surface area contributed by atoms with E-state index < -0.39 is 0 Å². The Morgan fingerprint density at radius 3 is 2.25 bits per heavy atom. The van der Waals surface area contributed by atoms with Crippen LogP contribution in [-0.2, 0) is 4.74 Å². The summed E-state index contributed by atoms with van der Waals surface area (Å²) in [6, 6.07) is 1.18. The predicted molar refractivity (Wildman–Crippen MR) is 96.6 cm³/mol. The molecule has 0 spiro atoms. The van der Waals surface area contributed by atoms with Crippen LogP contribution in [0.4, 0.5) is 0 Å². The van der Waals surface area contributed by atoms with Crippen molar-refractivity contribution in [2.24, 2.45) is 17.8 Å². The molecule has 0 aromatic heterocycles. The lowest BCUT2D eigenvalue weighted by Crippen LogP contribution is -3.00. The third-order valence-electron chi connectivity index (χ3n) is 6.26. The van der Waals surface area contributed by atoms with E-state index in [0.717, 1.165) is 18.9 Å². The first-order valence-electron chi connectivity index (χ1n) is 9.93. The third-order valence-corrected chi connectivity index (χ3v) is 6.26. The van der Waals surface area contributed by atoms with Gasteiger partial charge in [-0.05, 0) is 57.3 Å². The van der Waals surface area contributed by atoms with Gasteiger partial charge < -0.3 is 22.3 Å². The molecule has 1 aliphatic carbocycles. The Balaban J connectivity index is 0.00000288. The molecule has 4 heteroatoms. The zero-order valence-corrected chi connectivity index (χ0v) is 17.1. The molecule has 1 aliphatic heterocycles. The highest BCUT2D eigenvalue weighted by Crippen LogP contribution is 2.35. The van der Waals surface area contributed by atoms with Gasteiger partial charge in [-0.25, -0.2) is 0 Å². The molecule has 1 heterocycles. The molecule has 0 amide bonds. The van der Waals surface area contributed by atoms with E-state index in [1.807, 2.05) is 0 Å². The average Bonchev–Trinajstić information content (AvgIpc) is 2.49. The maximum absolute atomic E-state index is 10.5. The Bertz CT molecular complexity index is 343. The number of aliphatic hydroxyl groups excluding tert-OH is 1. The first-order chi connectivity index (χ1) is 10.9. The number of hydrogen-bond donors (Lipinski definition) is 1. The Labute approximate surface area is 155 Å². The second-order valence-corrected chi connectivity index (χ2v) is 8.68. The first kappa shape index (κ1) is 22.2. The van der Waals surface area contributed by atoms with E-state index in [-0.39, 0.29) is 18.5 Å². The summed E-state index contributed by atoms with van der Waals surface area (Å²) in [6.45, 7) is 12.8. The molecular weight excluding hydrogens is 322 g/mol. The van der Waals surface area contributed by atoms with E-state index in [1.54, 1.807) is 0 Å². The van der Waals surface area contributed by atoms with E-state index in [2.05, 4.69) is 39.5 Å². The van der Waals surface area contributed by atoms with Crippen LogP contribution in [0.3, 0.4) is 0 Å². The lowest BCUT2D eigenvalue weighted by molar-refractivity contribution is -0.0793. The summed E-state index contributed by atoms with van der Waals surface area (Å²) in [4.78, 5) is 2.47. The van der Waals surface area contributed by atoms with Crippen LogP contribution in [0.15, 0.2) is 0 Å². The lowest BCUT2D eigenvalue weighted by atomic mass is 9.75. The summed E-state index contributed by atoms with van der Waals surface area (Å²) in [5.41, 5.74) is 0. The van der Waals surface area contributed by atoms with Crippen molar-refractivity contribution < 1.29 is 22.3 Å².